The van der Waals surface area contributed by atoms with Crippen molar-refractivity contribution in [1.82, 2.24) is 5.32 Å². The number of rotatable bonds is 3. The first kappa shape index (κ1) is 15.4. The predicted molar refractivity (Wildman–Crippen MR) is 77.0 cm³/mol. The molecule has 2 rings (SSSR count). The van der Waals surface area contributed by atoms with E-state index in [0.717, 1.165) is 0 Å². The molecule has 7 nitrogen and oxygen atoms in total. The summed E-state index contributed by atoms with van der Waals surface area (Å²) in [5.41, 5.74) is -0.501. The summed E-state index contributed by atoms with van der Waals surface area (Å²) in [7, 11) is -3.14. The van der Waals surface area contributed by atoms with Gasteiger partial charge in [0.1, 0.15) is 0 Å². The van der Waals surface area contributed by atoms with Gasteiger partial charge in [0.15, 0.2) is 9.84 Å². The number of carbonyl (C=O) groups is 1. The second kappa shape index (κ2) is 5.10. The molecule has 0 aromatic heterocycles. The SMILES string of the molecule is Cc1c(C(=O)NC2(C)CCS(=O)(=O)C2)cccc1[N+](=O)[O-]. The van der Waals surface area contributed by atoms with Crippen LogP contribution < -0.4 is 5.32 Å². The second-order valence-corrected chi connectivity index (χ2v) is 7.75. The van der Waals surface area contributed by atoms with Crippen molar-refractivity contribution in [3.05, 3.63) is 39.4 Å². The molecule has 1 fully saturated rings. The monoisotopic (exact) mass is 312 g/mol. The summed E-state index contributed by atoms with van der Waals surface area (Å²) in [4.78, 5) is 22.6. The Morgan fingerprint density at radius 3 is 2.62 bits per heavy atom. The number of hydrogen-bond acceptors (Lipinski definition) is 5. The van der Waals surface area contributed by atoms with E-state index in [9.17, 15) is 23.3 Å². The van der Waals surface area contributed by atoms with Gasteiger partial charge >= 0.3 is 0 Å². The number of carbonyl (C=O) groups excluding carboxylic acids is 1. The first-order valence-electron chi connectivity index (χ1n) is 6.40. The third-order valence-electron chi connectivity index (χ3n) is 3.67. The van der Waals surface area contributed by atoms with Crippen molar-refractivity contribution >= 4 is 21.4 Å². The molecule has 0 bridgehead atoms. The fourth-order valence-electron chi connectivity index (χ4n) is 2.52. The van der Waals surface area contributed by atoms with Gasteiger partial charge in [-0.2, -0.15) is 0 Å². The van der Waals surface area contributed by atoms with E-state index in [1.165, 1.54) is 25.1 Å². The molecule has 1 heterocycles. The summed E-state index contributed by atoms with van der Waals surface area (Å²) in [6, 6.07) is 4.26. The average Bonchev–Trinajstić information content (AvgIpc) is 2.62. The molecule has 21 heavy (non-hydrogen) atoms. The Morgan fingerprint density at radius 1 is 1.43 bits per heavy atom. The van der Waals surface area contributed by atoms with Crippen molar-refractivity contribution in [2.75, 3.05) is 11.5 Å². The molecule has 1 N–H and O–H groups in total. The first-order valence-corrected chi connectivity index (χ1v) is 8.23. The van der Waals surface area contributed by atoms with Gasteiger partial charge in [0, 0.05) is 17.2 Å². The van der Waals surface area contributed by atoms with E-state index in [-0.39, 0.29) is 28.3 Å². The molecule has 1 aliphatic rings. The van der Waals surface area contributed by atoms with Crippen LogP contribution in [0.15, 0.2) is 18.2 Å². The van der Waals surface area contributed by atoms with Gasteiger partial charge in [0.25, 0.3) is 11.6 Å². The van der Waals surface area contributed by atoms with E-state index in [2.05, 4.69) is 5.32 Å². The predicted octanol–water partition coefficient (Wildman–Crippen LogP) is 1.21. The minimum absolute atomic E-state index is 0.0394. The Kier molecular flexibility index (Phi) is 3.75. The summed E-state index contributed by atoms with van der Waals surface area (Å²) in [5, 5.41) is 13.6. The number of nitro benzene ring substituents is 1. The molecule has 1 aliphatic heterocycles. The lowest BCUT2D eigenvalue weighted by Gasteiger charge is -2.24. The fourth-order valence-corrected chi connectivity index (χ4v) is 4.61. The van der Waals surface area contributed by atoms with Crippen molar-refractivity contribution in [3.8, 4) is 0 Å². The van der Waals surface area contributed by atoms with Crippen LogP contribution in [-0.2, 0) is 9.84 Å². The topological polar surface area (TPSA) is 106 Å². The molecule has 1 aromatic rings. The van der Waals surface area contributed by atoms with E-state index >= 15 is 0 Å². The lowest BCUT2D eigenvalue weighted by atomic mass is 10.00. The molecule has 0 saturated carbocycles. The fraction of sp³-hybridized carbons (Fsp3) is 0.462. The van der Waals surface area contributed by atoms with Gasteiger partial charge in [-0.25, -0.2) is 8.42 Å². The lowest BCUT2D eigenvalue weighted by molar-refractivity contribution is -0.385. The normalized spacial score (nSPS) is 23.7. The van der Waals surface area contributed by atoms with Crippen molar-refractivity contribution in [2.24, 2.45) is 0 Å². The summed E-state index contributed by atoms with van der Waals surface area (Å²) < 4.78 is 23.1. The van der Waals surface area contributed by atoms with E-state index < -0.39 is 26.2 Å². The highest BCUT2D eigenvalue weighted by Crippen LogP contribution is 2.25. The molecule has 1 saturated heterocycles. The van der Waals surface area contributed by atoms with E-state index in [4.69, 9.17) is 0 Å². The molecular formula is C13H16N2O5S. The average molecular weight is 312 g/mol. The minimum Gasteiger partial charge on any atom is -0.346 e. The van der Waals surface area contributed by atoms with E-state index in [0.29, 0.717) is 6.42 Å². The van der Waals surface area contributed by atoms with Crippen molar-refractivity contribution in [2.45, 2.75) is 25.8 Å². The van der Waals surface area contributed by atoms with Gasteiger partial charge in [0.05, 0.1) is 22.0 Å². The molecule has 0 aliphatic carbocycles. The third kappa shape index (κ3) is 3.21. The molecule has 0 spiro atoms. The van der Waals surface area contributed by atoms with Gasteiger partial charge in [-0.05, 0) is 26.3 Å². The largest absolute Gasteiger partial charge is 0.346 e. The molecular weight excluding hydrogens is 296 g/mol. The number of nitrogens with one attached hydrogen (secondary N) is 1. The number of benzene rings is 1. The van der Waals surface area contributed by atoms with E-state index in [1.54, 1.807) is 6.92 Å². The van der Waals surface area contributed by atoms with Gasteiger partial charge < -0.3 is 5.32 Å². The molecule has 8 heteroatoms. The number of sulfone groups is 1. The van der Waals surface area contributed by atoms with Crippen LogP contribution >= 0.6 is 0 Å². The number of amides is 1. The molecule has 1 atom stereocenters. The van der Waals surface area contributed by atoms with Crippen molar-refractivity contribution in [3.63, 3.8) is 0 Å². The van der Waals surface area contributed by atoms with Crippen LogP contribution in [-0.4, -0.2) is 36.3 Å². The second-order valence-electron chi connectivity index (χ2n) is 5.56. The molecule has 114 valence electrons. The summed E-state index contributed by atoms with van der Waals surface area (Å²) >= 11 is 0. The maximum atomic E-state index is 12.3. The highest BCUT2D eigenvalue weighted by atomic mass is 32.2. The van der Waals surface area contributed by atoms with Gasteiger partial charge in [-0.15, -0.1) is 0 Å². The minimum atomic E-state index is -3.14. The Bertz CT molecular complexity index is 713. The van der Waals surface area contributed by atoms with Gasteiger partial charge in [0.2, 0.25) is 0 Å². The molecule has 1 amide bonds. The highest BCUT2D eigenvalue weighted by molar-refractivity contribution is 7.91. The summed E-state index contributed by atoms with van der Waals surface area (Å²) in [5.74, 6) is -0.562. The van der Waals surface area contributed by atoms with Crippen LogP contribution in [0.1, 0.15) is 29.3 Å². The zero-order valence-corrected chi connectivity index (χ0v) is 12.6. The van der Waals surface area contributed by atoms with Crippen LogP contribution in [0, 0.1) is 17.0 Å². The van der Waals surface area contributed by atoms with Crippen LogP contribution in [0.25, 0.3) is 0 Å². The number of hydrogen-bond donors (Lipinski definition) is 1. The third-order valence-corrected chi connectivity index (χ3v) is 5.57. The maximum Gasteiger partial charge on any atom is 0.273 e. The molecule has 1 unspecified atom stereocenters. The van der Waals surface area contributed by atoms with Crippen LogP contribution in [0.4, 0.5) is 5.69 Å². The molecule has 1 aromatic carbocycles. The quantitative estimate of drug-likeness (QED) is 0.667. The Morgan fingerprint density at radius 2 is 2.10 bits per heavy atom. The van der Waals surface area contributed by atoms with E-state index in [1.807, 2.05) is 0 Å². The Hall–Kier alpha value is -1.96. The van der Waals surface area contributed by atoms with Crippen molar-refractivity contribution < 1.29 is 18.1 Å². The Labute approximate surface area is 122 Å². The summed E-state index contributed by atoms with van der Waals surface area (Å²) in [6.45, 7) is 3.17. The van der Waals surface area contributed by atoms with Crippen LogP contribution in [0.5, 0.6) is 0 Å². The number of nitrogens with zero attached hydrogens (tertiary/aromatic N) is 1. The maximum absolute atomic E-state index is 12.3. The zero-order valence-electron chi connectivity index (χ0n) is 11.8. The van der Waals surface area contributed by atoms with Crippen LogP contribution in [0.2, 0.25) is 0 Å². The smallest absolute Gasteiger partial charge is 0.273 e. The van der Waals surface area contributed by atoms with Gasteiger partial charge in [-0.1, -0.05) is 6.07 Å². The Balaban J connectivity index is 2.26. The summed E-state index contributed by atoms with van der Waals surface area (Å²) in [6.07, 6.45) is 0.342. The highest BCUT2D eigenvalue weighted by Gasteiger charge is 2.39. The lowest BCUT2D eigenvalue weighted by Crippen LogP contribution is -2.47. The molecule has 0 radical (unpaired) electrons. The zero-order chi connectivity index (χ0) is 15.8. The standard InChI is InChI=1S/C13H16N2O5S/c1-9-10(4-3-5-11(9)15(17)18)12(16)14-13(2)6-7-21(19,20)8-13/h3-5H,6-8H2,1-2H3,(H,14,16). The van der Waals surface area contributed by atoms with Crippen molar-refractivity contribution in [1.29, 1.82) is 0 Å². The van der Waals surface area contributed by atoms with Gasteiger partial charge in [-0.3, -0.25) is 14.9 Å². The first-order chi connectivity index (χ1) is 9.64. The van der Waals surface area contributed by atoms with Crippen LogP contribution in [0.3, 0.4) is 0 Å². The number of nitro groups is 1.